The number of ether oxygens (including phenoxy) is 1. The van der Waals surface area contributed by atoms with Crippen molar-refractivity contribution in [3.8, 4) is 17.4 Å². The van der Waals surface area contributed by atoms with Crippen LogP contribution in [0, 0.1) is 13.8 Å². The molecule has 0 aliphatic carbocycles. The highest BCUT2D eigenvalue weighted by molar-refractivity contribution is 5.61. The van der Waals surface area contributed by atoms with Crippen LogP contribution in [-0.4, -0.2) is 28.1 Å². The maximum Gasteiger partial charge on any atom is 0.322 e. The first kappa shape index (κ1) is 14.2. The molecule has 0 radical (unpaired) electrons. The zero-order valence-corrected chi connectivity index (χ0v) is 12.6. The van der Waals surface area contributed by atoms with Gasteiger partial charge >= 0.3 is 6.01 Å². The van der Waals surface area contributed by atoms with Crippen molar-refractivity contribution in [3.63, 3.8) is 0 Å². The molecule has 1 aromatic heterocycles. The summed E-state index contributed by atoms with van der Waals surface area (Å²) in [6.45, 7) is 8.00. The van der Waals surface area contributed by atoms with Crippen LogP contribution in [0.2, 0.25) is 0 Å². The van der Waals surface area contributed by atoms with Crippen molar-refractivity contribution >= 4 is 5.95 Å². The van der Waals surface area contributed by atoms with E-state index in [-0.39, 0.29) is 6.10 Å². The van der Waals surface area contributed by atoms with E-state index in [9.17, 15) is 0 Å². The number of aryl methyl sites for hydroxylation is 2. The van der Waals surface area contributed by atoms with Crippen molar-refractivity contribution < 1.29 is 4.74 Å². The molecule has 2 rings (SSSR count). The van der Waals surface area contributed by atoms with Gasteiger partial charge in [-0.1, -0.05) is 23.8 Å². The second-order valence-corrected chi connectivity index (χ2v) is 5.00. The Morgan fingerprint density at radius 1 is 1.10 bits per heavy atom. The van der Waals surface area contributed by atoms with Gasteiger partial charge in [0.2, 0.25) is 5.95 Å². The maximum absolute atomic E-state index is 5.58. The van der Waals surface area contributed by atoms with Gasteiger partial charge in [0.05, 0.1) is 6.10 Å². The molecule has 0 aliphatic rings. The lowest BCUT2D eigenvalue weighted by Crippen LogP contribution is -2.11. The van der Waals surface area contributed by atoms with E-state index < -0.39 is 0 Å². The first-order chi connectivity index (χ1) is 9.49. The first-order valence-corrected chi connectivity index (χ1v) is 6.67. The predicted molar refractivity (Wildman–Crippen MR) is 80.0 cm³/mol. The molecule has 1 heterocycles. The highest BCUT2D eigenvalue weighted by Gasteiger charge is 2.11. The SMILES string of the molecule is CNc1nc(OC(C)C)nc(-c2ccc(C)cc2C)n1. The van der Waals surface area contributed by atoms with Gasteiger partial charge in [0, 0.05) is 12.6 Å². The van der Waals surface area contributed by atoms with E-state index in [1.807, 2.05) is 32.9 Å². The van der Waals surface area contributed by atoms with Gasteiger partial charge in [-0.15, -0.1) is 0 Å². The molecule has 5 heteroatoms. The largest absolute Gasteiger partial charge is 0.461 e. The van der Waals surface area contributed by atoms with Gasteiger partial charge < -0.3 is 10.1 Å². The van der Waals surface area contributed by atoms with Crippen LogP contribution in [0.5, 0.6) is 6.01 Å². The molecule has 0 unspecified atom stereocenters. The quantitative estimate of drug-likeness (QED) is 0.927. The third-order valence-electron chi connectivity index (χ3n) is 2.80. The summed E-state index contributed by atoms with van der Waals surface area (Å²) in [6, 6.07) is 6.53. The minimum absolute atomic E-state index is 0.0223. The van der Waals surface area contributed by atoms with Crippen LogP contribution < -0.4 is 10.1 Å². The molecule has 0 bridgehead atoms. The summed E-state index contributed by atoms with van der Waals surface area (Å²) < 4.78 is 5.58. The van der Waals surface area contributed by atoms with Crippen LogP contribution in [0.25, 0.3) is 11.4 Å². The van der Waals surface area contributed by atoms with Gasteiger partial charge in [0.1, 0.15) is 0 Å². The first-order valence-electron chi connectivity index (χ1n) is 6.67. The van der Waals surface area contributed by atoms with Crippen molar-refractivity contribution in [2.45, 2.75) is 33.8 Å². The van der Waals surface area contributed by atoms with Crippen LogP contribution in [0.4, 0.5) is 5.95 Å². The molecule has 0 aliphatic heterocycles. The summed E-state index contributed by atoms with van der Waals surface area (Å²) >= 11 is 0. The number of hydrogen-bond acceptors (Lipinski definition) is 5. The van der Waals surface area contributed by atoms with Gasteiger partial charge in [0.15, 0.2) is 5.82 Å². The molecular weight excluding hydrogens is 252 g/mol. The van der Waals surface area contributed by atoms with Gasteiger partial charge in [-0.2, -0.15) is 15.0 Å². The Hall–Kier alpha value is -2.17. The maximum atomic E-state index is 5.58. The van der Waals surface area contributed by atoms with Crippen molar-refractivity contribution in [3.05, 3.63) is 29.3 Å². The standard InChI is InChI=1S/C15H20N4O/c1-9(2)20-15-18-13(17-14(16-5)19-15)12-7-6-10(3)8-11(12)4/h6-9H,1-5H3,(H,16,17,18,19). The molecule has 5 nitrogen and oxygen atoms in total. The third kappa shape index (κ3) is 3.23. The van der Waals surface area contributed by atoms with E-state index in [4.69, 9.17) is 4.74 Å². The Morgan fingerprint density at radius 2 is 1.85 bits per heavy atom. The number of nitrogens with one attached hydrogen (secondary N) is 1. The summed E-state index contributed by atoms with van der Waals surface area (Å²) in [7, 11) is 1.78. The van der Waals surface area contributed by atoms with E-state index >= 15 is 0 Å². The summed E-state index contributed by atoms with van der Waals surface area (Å²) in [5, 5.41) is 2.94. The van der Waals surface area contributed by atoms with Crippen LogP contribution in [-0.2, 0) is 0 Å². The fraction of sp³-hybridized carbons (Fsp3) is 0.400. The third-order valence-corrected chi connectivity index (χ3v) is 2.80. The Balaban J connectivity index is 2.49. The van der Waals surface area contributed by atoms with Gasteiger partial charge in [0.25, 0.3) is 0 Å². The number of nitrogens with zero attached hydrogens (tertiary/aromatic N) is 3. The molecule has 0 fully saturated rings. The topological polar surface area (TPSA) is 59.9 Å². The Morgan fingerprint density at radius 3 is 2.45 bits per heavy atom. The van der Waals surface area contributed by atoms with Crippen LogP contribution >= 0.6 is 0 Å². The zero-order chi connectivity index (χ0) is 14.7. The molecular formula is C15H20N4O. The summed E-state index contributed by atoms with van der Waals surface area (Å²) in [4.78, 5) is 13.0. The molecule has 0 atom stereocenters. The lowest BCUT2D eigenvalue weighted by Gasteiger charge is -2.11. The van der Waals surface area contributed by atoms with E-state index in [1.165, 1.54) is 5.56 Å². The molecule has 1 N–H and O–H groups in total. The van der Waals surface area contributed by atoms with E-state index in [2.05, 4.69) is 33.3 Å². The number of hydrogen-bond donors (Lipinski definition) is 1. The van der Waals surface area contributed by atoms with Gasteiger partial charge in [-0.05, 0) is 33.3 Å². The summed E-state index contributed by atoms with van der Waals surface area (Å²) in [6.07, 6.45) is 0.0223. The number of anilines is 1. The Bertz CT molecular complexity index is 611. The number of aromatic nitrogens is 3. The van der Waals surface area contributed by atoms with Crippen LogP contribution in [0.15, 0.2) is 18.2 Å². The lowest BCUT2D eigenvalue weighted by atomic mass is 10.1. The minimum atomic E-state index is 0.0223. The van der Waals surface area contributed by atoms with Crippen molar-refractivity contribution in [2.24, 2.45) is 0 Å². The number of benzene rings is 1. The highest BCUT2D eigenvalue weighted by atomic mass is 16.5. The normalized spacial score (nSPS) is 10.7. The Labute approximate surface area is 119 Å². The fourth-order valence-electron chi connectivity index (χ4n) is 1.92. The molecule has 0 amide bonds. The van der Waals surface area contributed by atoms with Crippen molar-refractivity contribution in [1.82, 2.24) is 15.0 Å². The number of rotatable bonds is 4. The predicted octanol–water partition coefficient (Wildman–Crippen LogP) is 2.98. The van der Waals surface area contributed by atoms with E-state index in [0.717, 1.165) is 11.1 Å². The second-order valence-electron chi connectivity index (χ2n) is 5.00. The summed E-state index contributed by atoms with van der Waals surface area (Å²) in [5.41, 5.74) is 3.34. The molecule has 106 valence electrons. The second kappa shape index (κ2) is 5.86. The molecule has 0 spiro atoms. The highest BCUT2D eigenvalue weighted by Crippen LogP contribution is 2.23. The van der Waals surface area contributed by atoms with E-state index in [1.54, 1.807) is 7.05 Å². The van der Waals surface area contributed by atoms with Gasteiger partial charge in [-0.25, -0.2) is 0 Å². The summed E-state index contributed by atoms with van der Waals surface area (Å²) in [5.74, 6) is 1.13. The molecule has 20 heavy (non-hydrogen) atoms. The van der Waals surface area contributed by atoms with Gasteiger partial charge in [-0.3, -0.25) is 0 Å². The molecule has 0 saturated heterocycles. The van der Waals surface area contributed by atoms with Crippen molar-refractivity contribution in [2.75, 3.05) is 12.4 Å². The minimum Gasteiger partial charge on any atom is -0.461 e. The average molecular weight is 272 g/mol. The smallest absolute Gasteiger partial charge is 0.322 e. The van der Waals surface area contributed by atoms with Crippen LogP contribution in [0.3, 0.4) is 0 Å². The zero-order valence-electron chi connectivity index (χ0n) is 12.6. The monoisotopic (exact) mass is 272 g/mol. The molecule has 1 aromatic carbocycles. The van der Waals surface area contributed by atoms with E-state index in [0.29, 0.717) is 17.8 Å². The lowest BCUT2D eigenvalue weighted by molar-refractivity contribution is 0.222. The molecule has 2 aromatic rings. The van der Waals surface area contributed by atoms with Crippen LogP contribution in [0.1, 0.15) is 25.0 Å². The fourth-order valence-corrected chi connectivity index (χ4v) is 1.92. The average Bonchev–Trinajstić information content (AvgIpc) is 2.37. The Kier molecular flexibility index (Phi) is 4.17. The molecule has 0 saturated carbocycles. The van der Waals surface area contributed by atoms with Crippen molar-refractivity contribution in [1.29, 1.82) is 0 Å².